The molecule has 0 aliphatic heterocycles. The predicted molar refractivity (Wildman–Crippen MR) is 30.3 cm³/mol. The molecule has 0 aromatic rings. The standard InChI is InChI=1S/C4H6Ge2/c5-3-1-2-4-6/h1-2H,3-4H2/b2-1-. The maximum absolute atomic E-state index is 2.18. The predicted octanol–water partition coefficient (Wildman–Crippen LogP) is 0.716. The van der Waals surface area contributed by atoms with Crippen LogP contribution in [0.1, 0.15) is 0 Å². The van der Waals surface area contributed by atoms with E-state index in [-0.39, 0.29) is 0 Å². The Kier molecular flexibility index (Phi) is 6.63. The second-order valence-electron chi connectivity index (χ2n) is 0.880. The molecule has 0 atom stereocenters. The monoisotopic (exact) mass is 202 g/mol. The molecule has 0 fully saturated rings. The number of hydrogen-bond donors (Lipinski definition) is 0. The molecule has 0 rings (SSSR count). The summed E-state index contributed by atoms with van der Waals surface area (Å²) in [7, 11) is 0. The van der Waals surface area contributed by atoms with Gasteiger partial charge in [-0.3, -0.25) is 0 Å². The Morgan fingerprint density at radius 3 is 1.50 bits per heavy atom. The summed E-state index contributed by atoms with van der Waals surface area (Å²) in [6.07, 6.45) is 4.36. The van der Waals surface area contributed by atoms with E-state index in [9.17, 15) is 0 Å². The van der Waals surface area contributed by atoms with Crippen molar-refractivity contribution >= 4 is 33.0 Å². The minimum atomic E-state index is 1.17. The van der Waals surface area contributed by atoms with Gasteiger partial charge >= 0.3 is 55.7 Å². The van der Waals surface area contributed by atoms with Gasteiger partial charge in [0.1, 0.15) is 0 Å². The van der Waals surface area contributed by atoms with Gasteiger partial charge in [-0.15, -0.1) is 0 Å². The van der Waals surface area contributed by atoms with Gasteiger partial charge in [0.05, 0.1) is 0 Å². The molecule has 0 heterocycles. The zero-order valence-electron chi connectivity index (χ0n) is 3.57. The average molecular weight is 199 g/mol. The number of hydrogen-bond acceptors (Lipinski definition) is 0. The molecule has 0 nitrogen and oxygen atoms in total. The Labute approximate surface area is 55.8 Å². The first-order valence-corrected chi connectivity index (χ1v) is 4.82. The SMILES string of the molecule is [Ge][CH2]/C=C\[CH2][Ge]. The van der Waals surface area contributed by atoms with Gasteiger partial charge in [-0.25, -0.2) is 0 Å². The fourth-order valence-corrected chi connectivity index (χ4v) is 0.866. The summed E-state index contributed by atoms with van der Waals surface area (Å²) in [5.74, 6) is 0. The molecule has 0 aliphatic rings. The van der Waals surface area contributed by atoms with Gasteiger partial charge in [0.15, 0.2) is 0 Å². The van der Waals surface area contributed by atoms with Crippen molar-refractivity contribution in [2.75, 3.05) is 0 Å². The van der Waals surface area contributed by atoms with Gasteiger partial charge in [-0.1, -0.05) is 0 Å². The van der Waals surface area contributed by atoms with Crippen molar-refractivity contribution in [3.05, 3.63) is 12.2 Å². The second-order valence-corrected chi connectivity index (χ2v) is 2.59. The molecule has 0 aromatic heterocycles. The summed E-state index contributed by atoms with van der Waals surface area (Å²) in [6.45, 7) is 0. The van der Waals surface area contributed by atoms with Gasteiger partial charge < -0.3 is 0 Å². The molecule has 0 aliphatic carbocycles. The zero-order valence-corrected chi connectivity index (χ0v) is 7.77. The van der Waals surface area contributed by atoms with Crippen LogP contribution in [0.2, 0.25) is 10.5 Å². The van der Waals surface area contributed by atoms with E-state index in [2.05, 4.69) is 45.2 Å². The summed E-state index contributed by atoms with van der Waals surface area (Å²) in [4.78, 5) is 0. The van der Waals surface area contributed by atoms with E-state index in [1.807, 2.05) is 0 Å². The fraction of sp³-hybridized carbons (Fsp3) is 0.500. The van der Waals surface area contributed by atoms with Crippen molar-refractivity contribution in [2.24, 2.45) is 0 Å². The van der Waals surface area contributed by atoms with Crippen LogP contribution in [0.25, 0.3) is 0 Å². The Morgan fingerprint density at radius 2 is 1.33 bits per heavy atom. The molecular formula is C4H6Ge2. The number of allylic oxidation sites excluding steroid dienone is 2. The molecule has 0 spiro atoms. The zero-order chi connectivity index (χ0) is 4.83. The second kappa shape index (κ2) is 5.83. The Balaban J connectivity index is 2.73. The van der Waals surface area contributed by atoms with Crippen molar-refractivity contribution < 1.29 is 0 Å². The molecule has 2 heteroatoms. The Morgan fingerprint density at radius 1 is 1.00 bits per heavy atom. The van der Waals surface area contributed by atoms with E-state index in [4.69, 9.17) is 0 Å². The van der Waals surface area contributed by atoms with Gasteiger partial charge in [-0.2, -0.15) is 0 Å². The van der Waals surface area contributed by atoms with Gasteiger partial charge in [0.25, 0.3) is 0 Å². The Bertz CT molecular complexity index is 34.8. The van der Waals surface area contributed by atoms with Crippen molar-refractivity contribution in [1.29, 1.82) is 0 Å². The van der Waals surface area contributed by atoms with E-state index in [0.29, 0.717) is 0 Å². The van der Waals surface area contributed by atoms with Gasteiger partial charge in [-0.05, 0) is 0 Å². The molecule has 6 heavy (non-hydrogen) atoms. The van der Waals surface area contributed by atoms with Crippen molar-refractivity contribution in [2.45, 2.75) is 10.5 Å². The Hall–Kier alpha value is 0.826. The van der Waals surface area contributed by atoms with E-state index in [1.54, 1.807) is 0 Å². The van der Waals surface area contributed by atoms with Crippen LogP contribution >= 0.6 is 0 Å². The minimum absolute atomic E-state index is 1.17. The molecule has 0 aromatic carbocycles. The third-order valence-electron chi connectivity index (χ3n) is 0.402. The summed E-state index contributed by atoms with van der Waals surface area (Å²) in [5, 5.41) is 2.35. The maximum atomic E-state index is 2.18. The van der Waals surface area contributed by atoms with Crippen LogP contribution in [0.4, 0.5) is 0 Å². The topological polar surface area (TPSA) is 0 Å². The third kappa shape index (κ3) is 4.83. The van der Waals surface area contributed by atoms with E-state index < -0.39 is 0 Å². The van der Waals surface area contributed by atoms with E-state index >= 15 is 0 Å². The summed E-state index contributed by atoms with van der Waals surface area (Å²) >= 11 is 4.29. The molecular weight excluding hydrogens is 193 g/mol. The quantitative estimate of drug-likeness (QED) is 0.454. The van der Waals surface area contributed by atoms with E-state index in [0.717, 1.165) is 0 Å². The molecule has 0 saturated heterocycles. The molecule has 0 saturated carbocycles. The summed E-state index contributed by atoms with van der Waals surface area (Å²) in [6, 6.07) is 0. The van der Waals surface area contributed by atoms with Crippen LogP contribution in [0.15, 0.2) is 12.2 Å². The average Bonchev–Trinajstić information content (AvgIpc) is 1.61. The third-order valence-corrected chi connectivity index (χ3v) is 1.39. The van der Waals surface area contributed by atoms with Crippen LogP contribution in [0, 0.1) is 0 Å². The van der Waals surface area contributed by atoms with Crippen LogP contribution in [0.5, 0.6) is 0 Å². The first-order chi connectivity index (χ1) is 2.91. The summed E-state index contributed by atoms with van der Waals surface area (Å²) in [5.41, 5.74) is 0. The summed E-state index contributed by atoms with van der Waals surface area (Å²) < 4.78 is 0. The molecule has 6 radical (unpaired) electrons. The van der Waals surface area contributed by atoms with Crippen LogP contribution in [-0.2, 0) is 0 Å². The molecule has 0 amide bonds. The fourth-order valence-electron chi connectivity index (χ4n) is 0.167. The van der Waals surface area contributed by atoms with Crippen LogP contribution < -0.4 is 0 Å². The first-order valence-electron chi connectivity index (χ1n) is 1.86. The number of rotatable bonds is 2. The normalized spacial score (nSPS) is 10.3. The van der Waals surface area contributed by atoms with E-state index in [1.165, 1.54) is 10.5 Å². The van der Waals surface area contributed by atoms with Crippen LogP contribution in [0.3, 0.4) is 0 Å². The molecule has 0 N–H and O–H groups in total. The molecule has 0 bridgehead atoms. The van der Waals surface area contributed by atoms with Gasteiger partial charge in [0.2, 0.25) is 0 Å². The molecule has 0 unspecified atom stereocenters. The van der Waals surface area contributed by atoms with Crippen LogP contribution in [-0.4, -0.2) is 33.0 Å². The van der Waals surface area contributed by atoms with Crippen molar-refractivity contribution in [3.63, 3.8) is 0 Å². The van der Waals surface area contributed by atoms with Crippen molar-refractivity contribution in [1.82, 2.24) is 0 Å². The van der Waals surface area contributed by atoms with Crippen molar-refractivity contribution in [3.8, 4) is 0 Å². The molecule has 30 valence electrons. The van der Waals surface area contributed by atoms with Gasteiger partial charge in [0, 0.05) is 0 Å². The first kappa shape index (κ1) is 6.83.